The zero-order valence-corrected chi connectivity index (χ0v) is 19.7. The van der Waals surface area contributed by atoms with Crippen LogP contribution in [0.25, 0.3) is 5.70 Å². The lowest BCUT2D eigenvalue weighted by Crippen LogP contribution is -2.47. The molecule has 1 amide bonds. The van der Waals surface area contributed by atoms with Crippen molar-refractivity contribution < 1.29 is 14.3 Å². The standard InChI is InChI=1S/C27H28N4O3/c1-4-5-11-31-21-9-7-6-8-19(21)27(26(31)32)15-22-18-14-24(34-3)23(33-2)13-17(18)10-12-30(22)25(29)20(27)16-28/h6-9,13-15H,4-5,10-12,29H2,1-3H3. The van der Waals surface area contributed by atoms with Gasteiger partial charge in [0.25, 0.3) is 0 Å². The highest BCUT2D eigenvalue weighted by Crippen LogP contribution is 2.53. The number of fused-ring (bicyclic) bond motifs is 5. The van der Waals surface area contributed by atoms with Gasteiger partial charge in [-0.3, -0.25) is 4.79 Å². The zero-order valence-electron chi connectivity index (χ0n) is 19.7. The number of benzene rings is 2. The molecule has 1 atom stereocenters. The Bertz CT molecular complexity index is 1290. The second kappa shape index (κ2) is 8.14. The number of nitriles is 1. The lowest BCUT2D eigenvalue weighted by molar-refractivity contribution is -0.120. The minimum absolute atomic E-state index is 0.124. The Morgan fingerprint density at radius 3 is 2.62 bits per heavy atom. The van der Waals surface area contributed by atoms with E-state index in [4.69, 9.17) is 15.2 Å². The van der Waals surface area contributed by atoms with Crippen molar-refractivity contribution in [3.63, 3.8) is 0 Å². The van der Waals surface area contributed by atoms with Crippen LogP contribution in [0.5, 0.6) is 11.5 Å². The molecule has 174 valence electrons. The van der Waals surface area contributed by atoms with Gasteiger partial charge in [-0.1, -0.05) is 31.5 Å². The zero-order chi connectivity index (χ0) is 24.0. The fourth-order valence-corrected chi connectivity index (χ4v) is 5.43. The Balaban J connectivity index is 1.77. The summed E-state index contributed by atoms with van der Waals surface area (Å²) in [6.45, 7) is 3.31. The second-order valence-electron chi connectivity index (χ2n) is 8.80. The molecule has 3 aliphatic rings. The van der Waals surface area contributed by atoms with Crippen molar-refractivity contribution in [1.82, 2.24) is 4.90 Å². The first kappa shape index (κ1) is 21.9. The molecule has 34 heavy (non-hydrogen) atoms. The van der Waals surface area contributed by atoms with Gasteiger partial charge in [0, 0.05) is 35.6 Å². The van der Waals surface area contributed by atoms with Crippen LogP contribution < -0.4 is 20.1 Å². The summed E-state index contributed by atoms with van der Waals surface area (Å²) in [5.41, 5.74) is 10.2. The second-order valence-corrected chi connectivity index (χ2v) is 8.80. The molecule has 0 radical (unpaired) electrons. The van der Waals surface area contributed by atoms with Crippen molar-refractivity contribution >= 4 is 17.3 Å². The average molecular weight is 457 g/mol. The minimum Gasteiger partial charge on any atom is -0.493 e. The van der Waals surface area contributed by atoms with Crippen LogP contribution in [-0.2, 0) is 16.6 Å². The molecule has 2 aromatic rings. The van der Waals surface area contributed by atoms with E-state index in [-0.39, 0.29) is 11.5 Å². The fraction of sp³-hybridized carbons (Fsp3) is 0.333. The molecular formula is C27H28N4O3. The van der Waals surface area contributed by atoms with Crippen LogP contribution in [-0.4, -0.2) is 38.1 Å². The third-order valence-corrected chi connectivity index (χ3v) is 7.12. The maximum absolute atomic E-state index is 14.1. The number of para-hydroxylation sites is 1. The number of anilines is 1. The quantitative estimate of drug-likeness (QED) is 0.738. The lowest BCUT2D eigenvalue weighted by Gasteiger charge is -2.41. The molecule has 0 aliphatic carbocycles. The number of rotatable bonds is 5. The maximum Gasteiger partial charge on any atom is 0.247 e. The van der Waals surface area contributed by atoms with Crippen LogP contribution in [0.1, 0.15) is 36.5 Å². The summed E-state index contributed by atoms with van der Waals surface area (Å²) in [6, 6.07) is 14.0. The van der Waals surface area contributed by atoms with Crippen molar-refractivity contribution in [3.8, 4) is 17.6 Å². The summed E-state index contributed by atoms with van der Waals surface area (Å²) in [7, 11) is 3.22. The molecule has 0 bridgehead atoms. The molecule has 7 heteroatoms. The van der Waals surface area contributed by atoms with Crippen molar-refractivity contribution in [2.45, 2.75) is 31.6 Å². The van der Waals surface area contributed by atoms with Crippen molar-refractivity contribution in [1.29, 1.82) is 5.26 Å². The topological polar surface area (TPSA) is 91.8 Å². The maximum atomic E-state index is 14.1. The molecule has 1 unspecified atom stereocenters. The highest BCUT2D eigenvalue weighted by atomic mass is 16.5. The summed E-state index contributed by atoms with van der Waals surface area (Å²) >= 11 is 0. The number of hydrogen-bond acceptors (Lipinski definition) is 6. The van der Waals surface area contributed by atoms with Crippen molar-refractivity contribution in [2.75, 3.05) is 32.2 Å². The van der Waals surface area contributed by atoms with Gasteiger partial charge in [0.1, 0.15) is 17.3 Å². The van der Waals surface area contributed by atoms with Gasteiger partial charge in [-0.15, -0.1) is 0 Å². The third kappa shape index (κ3) is 2.84. The number of nitrogens with zero attached hydrogens (tertiary/aromatic N) is 3. The van der Waals surface area contributed by atoms with Gasteiger partial charge < -0.3 is 25.0 Å². The monoisotopic (exact) mass is 456 g/mol. The average Bonchev–Trinajstić information content (AvgIpc) is 3.09. The van der Waals surface area contributed by atoms with E-state index in [0.717, 1.165) is 47.3 Å². The summed E-state index contributed by atoms with van der Waals surface area (Å²) in [4.78, 5) is 17.9. The molecule has 0 aromatic heterocycles. The Morgan fingerprint density at radius 2 is 1.91 bits per heavy atom. The number of amides is 1. The minimum atomic E-state index is -1.25. The van der Waals surface area contributed by atoms with E-state index >= 15 is 0 Å². The number of hydrogen-bond donors (Lipinski definition) is 1. The largest absolute Gasteiger partial charge is 0.493 e. The number of unbranched alkanes of at least 4 members (excludes halogenated alkanes) is 1. The summed E-state index contributed by atoms with van der Waals surface area (Å²) < 4.78 is 11.1. The SMILES string of the molecule is CCCCN1C(=O)C2(C=C3c4cc(OC)c(OC)cc4CCN3C(N)=C2C#N)c2ccccc21. The molecule has 1 spiro atoms. The fourth-order valence-electron chi connectivity index (χ4n) is 5.43. The van der Waals surface area contributed by atoms with Gasteiger partial charge in [-0.05, 0) is 42.7 Å². The van der Waals surface area contributed by atoms with Gasteiger partial charge in [0.2, 0.25) is 5.91 Å². The normalized spacial score (nSPS) is 20.5. The van der Waals surface area contributed by atoms with E-state index in [9.17, 15) is 10.1 Å². The molecule has 2 N–H and O–H groups in total. The molecule has 2 aromatic carbocycles. The Kier molecular flexibility index (Phi) is 5.24. The van der Waals surface area contributed by atoms with E-state index in [1.54, 1.807) is 14.2 Å². The van der Waals surface area contributed by atoms with E-state index in [2.05, 4.69) is 13.0 Å². The first-order valence-electron chi connectivity index (χ1n) is 11.6. The lowest BCUT2D eigenvalue weighted by atomic mass is 9.71. The molecular weight excluding hydrogens is 428 g/mol. The van der Waals surface area contributed by atoms with E-state index in [1.165, 1.54) is 0 Å². The molecule has 3 heterocycles. The highest BCUT2D eigenvalue weighted by Gasteiger charge is 2.56. The highest BCUT2D eigenvalue weighted by molar-refractivity contribution is 6.14. The molecule has 0 saturated carbocycles. The van der Waals surface area contributed by atoms with Crippen molar-refractivity contribution in [3.05, 3.63) is 70.6 Å². The molecule has 5 rings (SSSR count). The first-order chi connectivity index (χ1) is 16.5. The van der Waals surface area contributed by atoms with E-state index in [1.807, 2.05) is 52.3 Å². The van der Waals surface area contributed by atoms with Gasteiger partial charge in [-0.25, -0.2) is 0 Å². The van der Waals surface area contributed by atoms with Crippen LogP contribution in [0.4, 0.5) is 5.69 Å². The molecule has 3 aliphatic heterocycles. The number of methoxy groups -OCH3 is 2. The summed E-state index contributed by atoms with van der Waals surface area (Å²) in [5.74, 6) is 1.48. The first-order valence-corrected chi connectivity index (χ1v) is 11.6. The van der Waals surface area contributed by atoms with Crippen LogP contribution >= 0.6 is 0 Å². The van der Waals surface area contributed by atoms with Gasteiger partial charge in [-0.2, -0.15) is 5.26 Å². The van der Waals surface area contributed by atoms with Crippen LogP contribution in [0.15, 0.2) is 53.9 Å². The number of carbonyl (C=O) groups excluding carboxylic acids is 1. The predicted octanol–water partition coefficient (Wildman–Crippen LogP) is 3.69. The smallest absolute Gasteiger partial charge is 0.247 e. The predicted molar refractivity (Wildman–Crippen MR) is 130 cm³/mol. The Labute approximate surface area is 199 Å². The molecule has 7 nitrogen and oxygen atoms in total. The third-order valence-electron chi connectivity index (χ3n) is 7.12. The number of nitrogens with two attached hydrogens (primary N) is 1. The van der Waals surface area contributed by atoms with E-state index < -0.39 is 5.41 Å². The van der Waals surface area contributed by atoms with Gasteiger partial charge in [0.15, 0.2) is 11.5 Å². The molecule has 0 saturated heterocycles. The van der Waals surface area contributed by atoms with Crippen LogP contribution in [0.3, 0.4) is 0 Å². The summed E-state index contributed by atoms with van der Waals surface area (Å²) in [5, 5.41) is 10.3. The Morgan fingerprint density at radius 1 is 1.18 bits per heavy atom. The number of carbonyl (C=O) groups is 1. The van der Waals surface area contributed by atoms with E-state index in [0.29, 0.717) is 30.4 Å². The number of ether oxygens (including phenoxy) is 2. The Hall–Kier alpha value is -3.92. The van der Waals surface area contributed by atoms with Crippen LogP contribution in [0, 0.1) is 11.3 Å². The van der Waals surface area contributed by atoms with Gasteiger partial charge in [0.05, 0.1) is 19.8 Å². The summed E-state index contributed by atoms with van der Waals surface area (Å²) in [6.07, 6.45) is 4.51. The van der Waals surface area contributed by atoms with Crippen LogP contribution in [0.2, 0.25) is 0 Å². The molecule has 0 fully saturated rings. The van der Waals surface area contributed by atoms with Gasteiger partial charge >= 0.3 is 0 Å². The van der Waals surface area contributed by atoms with Crippen molar-refractivity contribution in [2.24, 2.45) is 5.73 Å².